The van der Waals surface area contributed by atoms with E-state index in [4.69, 9.17) is 11.6 Å². The molecule has 3 heteroatoms. The zero-order valence-electron chi connectivity index (χ0n) is 36.2. The van der Waals surface area contributed by atoms with E-state index in [1.165, 1.54) is 49.0 Å². The quantitative estimate of drug-likeness (QED) is 0.139. The molecule has 298 valence electrons. The van der Waals surface area contributed by atoms with E-state index in [1.807, 2.05) is 0 Å². The normalized spacial score (nSPS) is 12.4. The lowest BCUT2D eigenvalue weighted by atomic mass is 9.82. The highest BCUT2D eigenvalue weighted by atomic mass is 35.5. The van der Waals surface area contributed by atoms with Gasteiger partial charge in [0.1, 0.15) is 0 Å². The molecule has 0 spiro atoms. The Morgan fingerprint density at radius 3 is 1.53 bits per heavy atom. The number of fused-ring (bicyclic) bond motifs is 6. The third-order valence-electron chi connectivity index (χ3n) is 13.0. The van der Waals surface area contributed by atoms with Crippen LogP contribution in [-0.4, -0.2) is 0 Å². The Morgan fingerprint density at radius 1 is 0.475 bits per heavy atom. The molecule has 0 aliphatic rings. The first-order valence-corrected chi connectivity index (χ1v) is 21.6. The van der Waals surface area contributed by atoms with Gasteiger partial charge >= 0.3 is 0 Å². The first-order valence-electron chi connectivity index (χ1n) is 21.2. The van der Waals surface area contributed by atoms with Crippen LogP contribution in [0.3, 0.4) is 0 Å². The Hall–Kier alpha value is -5.57. The number of hydrogen-bond acceptors (Lipinski definition) is 2. The van der Waals surface area contributed by atoms with Crippen LogP contribution in [0.1, 0.15) is 91.8 Å². The van der Waals surface area contributed by atoms with Crippen molar-refractivity contribution < 1.29 is 0 Å². The summed E-state index contributed by atoms with van der Waals surface area (Å²) in [4.78, 5) is 2.35. The molecular formula is C56H57ClN2. The van der Waals surface area contributed by atoms with Crippen molar-refractivity contribution in [3.63, 3.8) is 0 Å². The standard InChI is InChI=1S/C56H57ClN2/c1-10-55(6,7)38-24-29-41(30-25-38)58-50-21-16-22-52(53(50)57)59(42-31-26-39(27-32-42)56(8,9)11-2)51-34-28-40(54(3,4)5)36-48(51)37-23-33-47-45-19-13-12-17-43(45)44-18-14-15-20-46(44)49(47)35-37/h12-36,58H,10-11H2,1-9H3. The number of rotatable bonds is 10. The Bertz CT molecular complexity index is 2770. The van der Waals surface area contributed by atoms with Gasteiger partial charge in [-0.25, -0.2) is 0 Å². The van der Waals surface area contributed by atoms with Crippen molar-refractivity contribution in [3.8, 4) is 11.1 Å². The SMILES string of the molecule is CCC(C)(C)c1ccc(Nc2cccc(N(c3ccc(C(C)(C)CC)cc3)c3ccc(C(C)(C)C)cc3-c3ccc4c5ccccc5c5ccccc5c4c3)c2Cl)cc1. The molecule has 2 nitrogen and oxygen atoms in total. The summed E-state index contributed by atoms with van der Waals surface area (Å²) >= 11 is 7.60. The van der Waals surface area contributed by atoms with Gasteiger partial charge < -0.3 is 10.2 Å². The average Bonchev–Trinajstić information content (AvgIpc) is 3.25. The number of halogens is 1. The maximum absolute atomic E-state index is 7.60. The summed E-state index contributed by atoms with van der Waals surface area (Å²) in [5, 5.41) is 11.9. The molecule has 1 N–H and O–H groups in total. The number of nitrogens with zero attached hydrogens (tertiary/aromatic N) is 1. The minimum atomic E-state index is -0.0609. The molecule has 8 rings (SSSR count). The Labute approximate surface area is 356 Å². The van der Waals surface area contributed by atoms with Crippen molar-refractivity contribution in [2.75, 3.05) is 10.2 Å². The summed E-state index contributed by atoms with van der Waals surface area (Å²) in [6.45, 7) is 20.6. The topological polar surface area (TPSA) is 15.3 Å². The first kappa shape index (κ1) is 40.2. The van der Waals surface area contributed by atoms with Crippen LogP contribution < -0.4 is 10.2 Å². The Balaban J connectivity index is 1.34. The van der Waals surface area contributed by atoms with Gasteiger partial charge in [0.2, 0.25) is 0 Å². The first-order chi connectivity index (χ1) is 28.2. The van der Waals surface area contributed by atoms with Crippen LogP contribution in [0, 0.1) is 0 Å². The molecule has 0 radical (unpaired) electrons. The van der Waals surface area contributed by atoms with Crippen LogP contribution in [0.5, 0.6) is 0 Å². The molecule has 8 aromatic rings. The van der Waals surface area contributed by atoms with E-state index in [9.17, 15) is 0 Å². The molecule has 0 unspecified atom stereocenters. The molecule has 0 aromatic heterocycles. The molecule has 0 saturated carbocycles. The van der Waals surface area contributed by atoms with Gasteiger partial charge in [-0.05, 0) is 138 Å². The summed E-state index contributed by atoms with van der Waals surface area (Å²) in [6, 6.07) is 55.9. The Kier molecular flexibility index (Phi) is 10.6. The van der Waals surface area contributed by atoms with Crippen molar-refractivity contribution in [1.82, 2.24) is 0 Å². The van der Waals surface area contributed by atoms with Crippen molar-refractivity contribution in [3.05, 3.63) is 173 Å². The molecule has 0 heterocycles. The number of benzene rings is 8. The molecule has 0 aliphatic heterocycles. The van der Waals surface area contributed by atoms with E-state index in [-0.39, 0.29) is 16.2 Å². The summed E-state index contributed by atoms with van der Waals surface area (Å²) in [7, 11) is 0. The molecule has 0 aliphatic carbocycles. The van der Waals surface area contributed by atoms with E-state index in [0.717, 1.165) is 52.4 Å². The third kappa shape index (κ3) is 7.60. The second-order valence-electron chi connectivity index (χ2n) is 18.5. The highest BCUT2D eigenvalue weighted by Crippen LogP contribution is 2.48. The lowest BCUT2D eigenvalue weighted by Gasteiger charge is -2.32. The highest BCUT2D eigenvalue weighted by molar-refractivity contribution is 6.36. The maximum atomic E-state index is 7.60. The average molecular weight is 794 g/mol. The van der Waals surface area contributed by atoms with Gasteiger partial charge in [0.15, 0.2) is 0 Å². The zero-order valence-corrected chi connectivity index (χ0v) is 36.9. The molecule has 0 bridgehead atoms. The van der Waals surface area contributed by atoms with Gasteiger partial charge in [0.25, 0.3) is 0 Å². The van der Waals surface area contributed by atoms with Crippen LogP contribution in [0.2, 0.25) is 5.02 Å². The molecule has 0 atom stereocenters. The molecule has 0 amide bonds. The minimum Gasteiger partial charge on any atom is -0.354 e. The van der Waals surface area contributed by atoms with Gasteiger partial charge in [-0.1, -0.05) is 171 Å². The third-order valence-corrected chi connectivity index (χ3v) is 13.4. The van der Waals surface area contributed by atoms with Crippen LogP contribution >= 0.6 is 11.6 Å². The summed E-state index contributed by atoms with van der Waals surface area (Å²) < 4.78 is 0. The van der Waals surface area contributed by atoms with Gasteiger partial charge in [-0.15, -0.1) is 0 Å². The molecule has 0 saturated heterocycles. The predicted molar refractivity (Wildman–Crippen MR) is 259 cm³/mol. The summed E-state index contributed by atoms with van der Waals surface area (Å²) in [6.07, 6.45) is 2.13. The monoisotopic (exact) mass is 792 g/mol. The number of anilines is 5. The lowest BCUT2D eigenvalue weighted by molar-refractivity contribution is 0.506. The second-order valence-corrected chi connectivity index (χ2v) is 18.9. The van der Waals surface area contributed by atoms with E-state index in [0.29, 0.717) is 5.02 Å². The molecule has 59 heavy (non-hydrogen) atoms. The van der Waals surface area contributed by atoms with Gasteiger partial charge in [-0.2, -0.15) is 0 Å². The number of nitrogens with one attached hydrogen (secondary N) is 1. The summed E-state index contributed by atoms with van der Waals surface area (Å²) in [5.74, 6) is 0. The Morgan fingerprint density at radius 2 is 0.983 bits per heavy atom. The van der Waals surface area contributed by atoms with Crippen molar-refractivity contribution in [2.24, 2.45) is 0 Å². The van der Waals surface area contributed by atoms with E-state index < -0.39 is 0 Å². The van der Waals surface area contributed by atoms with E-state index in [2.05, 4.69) is 224 Å². The molecular weight excluding hydrogens is 736 g/mol. The largest absolute Gasteiger partial charge is 0.354 e. The minimum absolute atomic E-state index is 0.0598. The number of hydrogen-bond donors (Lipinski definition) is 1. The van der Waals surface area contributed by atoms with Gasteiger partial charge in [-0.3, -0.25) is 0 Å². The van der Waals surface area contributed by atoms with Crippen molar-refractivity contribution in [1.29, 1.82) is 0 Å². The summed E-state index contributed by atoms with van der Waals surface area (Å²) in [5.41, 5.74) is 11.2. The lowest BCUT2D eigenvalue weighted by Crippen LogP contribution is -2.17. The van der Waals surface area contributed by atoms with Crippen LogP contribution in [-0.2, 0) is 16.2 Å². The fraction of sp³-hybridized carbons (Fsp3) is 0.250. The highest BCUT2D eigenvalue weighted by Gasteiger charge is 2.26. The maximum Gasteiger partial charge on any atom is 0.0881 e. The van der Waals surface area contributed by atoms with Crippen molar-refractivity contribution in [2.45, 2.75) is 91.4 Å². The molecule has 8 aromatic carbocycles. The fourth-order valence-electron chi connectivity index (χ4n) is 8.33. The smallest absolute Gasteiger partial charge is 0.0881 e. The van der Waals surface area contributed by atoms with E-state index >= 15 is 0 Å². The fourth-order valence-corrected chi connectivity index (χ4v) is 8.59. The van der Waals surface area contributed by atoms with Gasteiger partial charge in [0.05, 0.1) is 22.1 Å². The second kappa shape index (κ2) is 15.6. The zero-order chi connectivity index (χ0) is 41.7. The molecule has 0 fully saturated rings. The van der Waals surface area contributed by atoms with Gasteiger partial charge in [0, 0.05) is 16.9 Å². The van der Waals surface area contributed by atoms with Crippen molar-refractivity contribution >= 4 is 72.4 Å². The van der Waals surface area contributed by atoms with Crippen LogP contribution in [0.15, 0.2) is 152 Å². The van der Waals surface area contributed by atoms with Crippen LogP contribution in [0.4, 0.5) is 28.4 Å². The predicted octanol–water partition coefficient (Wildman–Crippen LogP) is 17.4. The van der Waals surface area contributed by atoms with E-state index in [1.54, 1.807) is 0 Å². The van der Waals surface area contributed by atoms with Crippen LogP contribution in [0.25, 0.3) is 43.4 Å².